The predicted octanol–water partition coefficient (Wildman–Crippen LogP) is 0.574. The molecule has 0 saturated heterocycles. The molecule has 3 rings (SSSR count). The van der Waals surface area contributed by atoms with Crippen LogP contribution in [0.15, 0.2) is 29.3 Å². The Balaban J connectivity index is 2.00. The van der Waals surface area contributed by atoms with Crippen LogP contribution in [0.3, 0.4) is 0 Å². The molecule has 0 amide bonds. The summed E-state index contributed by atoms with van der Waals surface area (Å²) in [6.45, 7) is 0. The van der Waals surface area contributed by atoms with Gasteiger partial charge in [0.05, 0.1) is 7.11 Å². The number of ether oxygens (including phenoxy) is 1. The van der Waals surface area contributed by atoms with Crippen molar-refractivity contribution >= 4 is 5.82 Å². The molecule has 9 nitrogen and oxygen atoms in total. The van der Waals surface area contributed by atoms with E-state index in [0.29, 0.717) is 17.3 Å². The molecule has 0 bridgehead atoms. The lowest BCUT2D eigenvalue weighted by molar-refractivity contribution is 0.397. The minimum atomic E-state index is 0.170. The van der Waals surface area contributed by atoms with E-state index in [4.69, 9.17) is 15.0 Å². The average molecular weight is 271 g/mol. The minimum absolute atomic E-state index is 0.170. The molecule has 0 unspecified atom stereocenters. The molecule has 3 aromatic rings. The quantitative estimate of drug-likeness (QED) is 0.727. The molecule has 0 aliphatic rings. The Morgan fingerprint density at radius 3 is 2.80 bits per heavy atom. The Morgan fingerprint density at radius 2 is 2.00 bits per heavy atom. The second-order valence-corrected chi connectivity index (χ2v) is 3.66. The highest BCUT2D eigenvalue weighted by molar-refractivity contribution is 5.63. The molecule has 100 valence electrons. The maximum atomic E-state index is 5.70. The maximum Gasteiger partial charge on any atom is 0.280 e. The normalized spacial score (nSPS) is 10.4. The van der Waals surface area contributed by atoms with Crippen molar-refractivity contribution < 1.29 is 9.26 Å². The number of nitrogens with two attached hydrogens (primary N) is 1. The Labute approximate surface area is 112 Å². The molecule has 2 N–H and O–H groups in total. The van der Waals surface area contributed by atoms with E-state index in [1.165, 1.54) is 25.8 Å². The Kier molecular flexibility index (Phi) is 2.92. The molecule has 0 spiro atoms. The van der Waals surface area contributed by atoms with Crippen LogP contribution in [0.4, 0.5) is 5.82 Å². The van der Waals surface area contributed by atoms with Crippen molar-refractivity contribution in [3.8, 4) is 29.0 Å². The van der Waals surface area contributed by atoms with Crippen LogP contribution in [0.25, 0.3) is 23.1 Å². The first-order valence-corrected chi connectivity index (χ1v) is 5.55. The predicted molar refractivity (Wildman–Crippen MR) is 67.3 cm³/mol. The zero-order valence-electron chi connectivity index (χ0n) is 10.4. The number of aromatic nitrogens is 6. The van der Waals surface area contributed by atoms with Gasteiger partial charge >= 0.3 is 0 Å². The Hall–Kier alpha value is -3.10. The summed E-state index contributed by atoms with van der Waals surface area (Å²) in [7, 11) is 1.51. The highest BCUT2D eigenvalue weighted by Crippen LogP contribution is 2.23. The number of nitrogen functional groups attached to an aromatic ring is 1. The molecule has 9 heteroatoms. The van der Waals surface area contributed by atoms with Gasteiger partial charge in [-0.05, 0) is 0 Å². The van der Waals surface area contributed by atoms with Gasteiger partial charge in [0, 0.05) is 18.5 Å². The van der Waals surface area contributed by atoms with E-state index in [1.54, 1.807) is 6.07 Å². The lowest BCUT2D eigenvalue weighted by Gasteiger charge is -1.98. The van der Waals surface area contributed by atoms with Crippen molar-refractivity contribution in [1.29, 1.82) is 0 Å². The van der Waals surface area contributed by atoms with Crippen LogP contribution >= 0.6 is 0 Å². The van der Waals surface area contributed by atoms with Gasteiger partial charge in [-0.3, -0.25) is 0 Å². The van der Waals surface area contributed by atoms with E-state index >= 15 is 0 Å². The topological polar surface area (TPSA) is 126 Å². The summed E-state index contributed by atoms with van der Waals surface area (Å²) in [5.74, 6) is 1.07. The molecule has 3 aromatic heterocycles. The molecule has 0 atom stereocenters. The molecule has 20 heavy (non-hydrogen) atoms. The smallest absolute Gasteiger partial charge is 0.280 e. The largest absolute Gasteiger partial charge is 0.481 e. The third kappa shape index (κ3) is 2.11. The van der Waals surface area contributed by atoms with Crippen LogP contribution in [-0.4, -0.2) is 37.2 Å². The molecular formula is C11H9N7O2. The summed E-state index contributed by atoms with van der Waals surface area (Å²) in [4.78, 5) is 20.1. The van der Waals surface area contributed by atoms with Crippen molar-refractivity contribution in [2.24, 2.45) is 0 Å². The van der Waals surface area contributed by atoms with Gasteiger partial charge in [0.25, 0.3) is 5.89 Å². The van der Waals surface area contributed by atoms with Crippen molar-refractivity contribution in [3.05, 3.63) is 24.8 Å². The van der Waals surface area contributed by atoms with Crippen LogP contribution in [0.5, 0.6) is 5.88 Å². The lowest BCUT2D eigenvalue weighted by Crippen LogP contribution is -1.96. The second-order valence-electron chi connectivity index (χ2n) is 3.66. The van der Waals surface area contributed by atoms with E-state index < -0.39 is 0 Å². The molecule has 0 aliphatic carbocycles. The van der Waals surface area contributed by atoms with Gasteiger partial charge in [0.1, 0.15) is 12.0 Å². The van der Waals surface area contributed by atoms with E-state index in [-0.39, 0.29) is 17.5 Å². The highest BCUT2D eigenvalue weighted by Gasteiger charge is 2.16. The first kappa shape index (κ1) is 12.0. The minimum Gasteiger partial charge on any atom is -0.481 e. The standard InChI is InChI=1S/C11H9N7O2/c1-19-7-4-6(15-5-16-7)10-17-11(20-18-10)8-9(12)14-3-2-13-8/h2-5H,1H3,(H2,12,14). The molecule has 0 aliphatic heterocycles. The number of hydrogen-bond acceptors (Lipinski definition) is 9. The fraction of sp³-hybridized carbons (Fsp3) is 0.0909. The summed E-state index contributed by atoms with van der Waals surface area (Å²) in [6, 6.07) is 1.59. The fourth-order valence-electron chi connectivity index (χ4n) is 1.51. The van der Waals surface area contributed by atoms with Crippen LogP contribution in [0, 0.1) is 0 Å². The van der Waals surface area contributed by atoms with E-state index in [1.807, 2.05) is 0 Å². The summed E-state index contributed by atoms with van der Waals surface area (Å²) >= 11 is 0. The highest BCUT2D eigenvalue weighted by atomic mass is 16.5. The van der Waals surface area contributed by atoms with Crippen LogP contribution < -0.4 is 10.5 Å². The first-order chi connectivity index (χ1) is 9.78. The van der Waals surface area contributed by atoms with Crippen LogP contribution in [0.2, 0.25) is 0 Å². The van der Waals surface area contributed by atoms with Gasteiger partial charge in [-0.1, -0.05) is 5.16 Å². The number of hydrogen-bond donors (Lipinski definition) is 1. The summed E-state index contributed by atoms with van der Waals surface area (Å²) in [6.07, 6.45) is 4.32. The number of anilines is 1. The van der Waals surface area contributed by atoms with Crippen LogP contribution in [-0.2, 0) is 0 Å². The zero-order valence-corrected chi connectivity index (χ0v) is 10.4. The lowest BCUT2D eigenvalue weighted by atomic mass is 10.3. The van der Waals surface area contributed by atoms with Gasteiger partial charge < -0.3 is 15.0 Å². The molecule has 0 fully saturated rings. The molecule has 0 radical (unpaired) electrons. The molecule has 0 saturated carbocycles. The number of rotatable bonds is 3. The van der Waals surface area contributed by atoms with Gasteiger partial charge in [0.2, 0.25) is 11.7 Å². The third-order valence-electron chi connectivity index (χ3n) is 2.44. The maximum absolute atomic E-state index is 5.70. The molecular weight excluding hydrogens is 262 g/mol. The third-order valence-corrected chi connectivity index (χ3v) is 2.44. The zero-order chi connectivity index (χ0) is 13.9. The van der Waals surface area contributed by atoms with Crippen molar-refractivity contribution in [3.63, 3.8) is 0 Å². The van der Waals surface area contributed by atoms with Gasteiger partial charge in [-0.25, -0.2) is 19.9 Å². The van der Waals surface area contributed by atoms with Crippen molar-refractivity contribution in [2.45, 2.75) is 0 Å². The van der Waals surface area contributed by atoms with Crippen LogP contribution in [0.1, 0.15) is 0 Å². The van der Waals surface area contributed by atoms with Gasteiger partial charge in [0.15, 0.2) is 11.5 Å². The first-order valence-electron chi connectivity index (χ1n) is 5.55. The van der Waals surface area contributed by atoms with Crippen molar-refractivity contribution in [1.82, 2.24) is 30.1 Å². The van der Waals surface area contributed by atoms with E-state index in [9.17, 15) is 0 Å². The fourth-order valence-corrected chi connectivity index (χ4v) is 1.51. The van der Waals surface area contributed by atoms with E-state index in [2.05, 4.69) is 30.1 Å². The van der Waals surface area contributed by atoms with E-state index in [0.717, 1.165) is 0 Å². The van der Waals surface area contributed by atoms with Gasteiger partial charge in [-0.2, -0.15) is 4.98 Å². The number of nitrogens with zero attached hydrogens (tertiary/aromatic N) is 6. The monoisotopic (exact) mass is 271 g/mol. The molecule has 0 aromatic carbocycles. The average Bonchev–Trinajstić information content (AvgIpc) is 2.97. The Bertz CT molecular complexity index is 743. The summed E-state index contributed by atoms with van der Waals surface area (Å²) in [5, 5.41) is 3.82. The van der Waals surface area contributed by atoms with Gasteiger partial charge in [-0.15, -0.1) is 0 Å². The molecule has 3 heterocycles. The second kappa shape index (κ2) is 4.88. The summed E-state index contributed by atoms with van der Waals surface area (Å²) < 4.78 is 10.1. The SMILES string of the molecule is COc1cc(-c2noc(-c3nccnc3N)n2)ncn1. The summed E-state index contributed by atoms with van der Waals surface area (Å²) in [5.41, 5.74) is 6.49. The van der Waals surface area contributed by atoms with Crippen molar-refractivity contribution in [2.75, 3.05) is 12.8 Å². The Morgan fingerprint density at radius 1 is 1.15 bits per heavy atom. The number of methoxy groups -OCH3 is 1.